The van der Waals surface area contributed by atoms with Gasteiger partial charge in [0.05, 0.1) is 12.1 Å². The number of benzene rings is 1. The van der Waals surface area contributed by atoms with Gasteiger partial charge in [-0.15, -0.1) is 0 Å². The Morgan fingerprint density at radius 1 is 1.00 bits per heavy atom. The molecule has 1 N–H and O–H groups in total. The van der Waals surface area contributed by atoms with Crippen LogP contribution in [0.4, 0.5) is 0 Å². The zero-order valence-corrected chi connectivity index (χ0v) is 20.6. The number of rotatable bonds is 6. The number of nitrogens with zero attached hydrogens (tertiary/aromatic N) is 2. The van der Waals surface area contributed by atoms with Crippen LogP contribution >= 0.6 is 0 Å². The highest BCUT2D eigenvalue weighted by Crippen LogP contribution is 2.31. The van der Waals surface area contributed by atoms with E-state index in [1.54, 1.807) is 0 Å². The first-order valence-corrected chi connectivity index (χ1v) is 12.9. The maximum absolute atomic E-state index is 13.2. The van der Waals surface area contributed by atoms with Crippen LogP contribution in [0.25, 0.3) is 0 Å². The maximum atomic E-state index is 13.2. The summed E-state index contributed by atoms with van der Waals surface area (Å²) in [6.07, 6.45) is 6.95. The quantitative estimate of drug-likeness (QED) is 0.712. The SMILES string of the molecule is CC(C)(C)c1ccc(C(=O)N2CCN([C@@H](C(=O)NC[C@H]3CCCO3)C3CCCC3)CC2)cc1. The summed E-state index contributed by atoms with van der Waals surface area (Å²) >= 11 is 0. The van der Waals surface area contributed by atoms with Crippen LogP contribution in [0.15, 0.2) is 24.3 Å². The summed E-state index contributed by atoms with van der Waals surface area (Å²) in [4.78, 5) is 30.6. The largest absolute Gasteiger partial charge is 0.376 e. The molecule has 2 amide bonds. The van der Waals surface area contributed by atoms with Crippen LogP contribution in [-0.2, 0) is 14.9 Å². The molecule has 0 aromatic heterocycles. The summed E-state index contributed by atoms with van der Waals surface area (Å²) in [6, 6.07) is 7.96. The fourth-order valence-electron chi connectivity index (χ4n) is 5.57. The zero-order valence-electron chi connectivity index (χ0n) is 20.6. The number of hydrogen-bond donors (Lipinski definition) is 1. The van der Waals surface area contributed by atoms with E-state index in [1.165, 1.54) is 18.4 Å². The van der Waals surface area contributed by atoms with Gasteiger partial charge in [-0.25, -0.2) is 0 Å². The normalized spacial score (nSPS) is 23.6. The molecule has 1 aromatic rings. The fourth-order valence-corrected chi connectivity index (χ4v) is 5.57. The monoisotopic (exact) mass is 455 g/mol. The molecule has 2 heterocycles. The highest BCUT2D eigenvalue weighted by atomic mass is 16.5. The van der Waals surface area contributed by atoms with Gasteiger partial charge >= 0.3 is 0 Å². The summed E-state index contributed by atoms with van der Waals surface area (Å²) in [5.74, 6) is 0.659. The molecule has 4 rings (SSSR count). The molecule has 6 nitrogen and oxygen atoms in total. The molecule has 0 unspecified atom stereocenters. The van der Waals surface area contributed by atoms with Crippen LogP contribution < -0.4 is 5.32 Å². The first kappa shape index (κ1) is 24.2. The first-order valence-electron chi connectivity index (χ1n) is 12.9. The minimum absolute atomic E-state index is 0.0763. The van der Waals surface area contributed by atoms with Crippen molar-refractivity contribution in [1.29, 1.82) is 0 Å². The molecule has 0 radical (unpaired) electrons. The standard InChI is InChI=1S/C27H41N3O3/c1-27(2,3)22-12-10-21(11-13-22)26(32)30-16-14-29(15-17-30)24(20-7-4-5-8-20)25(31)28-19-23-9-6-18-33-23/h10-13,20,23-24H,4-9,14-19H2,1-3H3,(H,28,31)/t23-,24-/m1/s1. The molecule has 182 valence electrons. The van der Waals surface area contributed by atoms with Crippen LogP contribution in [0.1, 0.15) is 75.2 Å². The van der Waals surface area contributed by atoms with Gasteiger partial charge in [-0.05, 0) is 54.7 Å². The first-order chi connectivity index (χ1) is 15.8. The van der Waals surface area contributed by atoms with E-state index < -0.39 is 0 Å². The number of carbonyl (C=O) groups is 2. The van der Waals surface area contributed by atoms with Crippen molar-refractivity contribution in [2.24, 2.45) is 5.92 Å². The molecule has 1 aliphatic carbocycles. The van der Waals surface area contributed by atoms with Gasteiger partial charge in [-0.2, -0.15) is 0 Å². The summed E-state index contributed by atoms with van der Waals surface area (Å²) in [5.41, 5.74) is 2.06. The second-order valence-corrected chi connectivity index (χ2v) is 11.0. The molecule has 0 spiro atoms. The Balaban J connectivity index is 1.35. The molecule has 1 saturated carbocycles. The van der Waals surface area contributed by atoms with E-state index in [-0.39, 0.29) is 29.4 Å². The summed E-state index contributed by atoms with van der Waals surface area (Å²) in [6.45, 7) is 10.8. The van der Waals surface area contributed by atoms with Crippen molar-refractivity contribution in [3.8, 4) is 0 Å². The molecule has 1 aromatic carbocycles. The van der Waals surface area contributed by atoms with Crippen molar-refractivity contribution in [1.82, 2.24) is 15.1 Å². The summed E-state index contributed by atoms with van der Waals surface area (Å²) < 4.78 is 5.69. The third kappa shape index (κ3) is 5.96. The topological polar surface area (TPSA) is 61.9 Å². The average molecular weight is 456 g/mol. The molecular formula is C27H41N3O3. The van der Waals surface area contributed by atoms with Crippen molar-refractivity contribution in [2.75, 3.05) is 39.3 Å². The van der Waals surface area contributed by atoms with E-state index >= 15 is 0 Å². The minimum atomic E-state index is -0.0859. The highest BCUT2D eigenvalue weighted by molar-refractivity contribution is 5.94. The Hall–Kier alpha value is -1.92. The van der Waals surface area contributed by atoms with Crippen LogP contribution in [0.3, 0.4) is 0 Å². The van der Waals surface area contributed by atoms with E-state index in [1.807, 2.05) is 17.0 Å². The van der Waals surface area contributed by atoms with Crippen molar-refractivity contribution < 1.29 is 14.3 Å². The van der Waals surface area contributed by atoms with Crippen LogP contribution in [0, 0.1) is 5.92 Å². The molecule has 0 bridgehead atoms. The number of amides is 2. The summed E-state index contributed by atoms with van der Waals surface area (Å²) in [5, 5.41) is 3.19. The van der Waals surface area contributed by atoms with Crippen LogP contribution in [0.5, 0.6) is 0 Å². The predicted octanol–water partition coefficient (Wildman–Crippen LogP) is 3.60. The van der Waals surface area contributed by atoms with E-state index in [0.717, 1.165) is 50.9 Å². The minimum Gasteiger partial charge on any atom is -0.376 e. The third-order valence-electron chi connectivity index (χ3n) is 7.64. The molecule has 6 heteroatoms. The second-order valence-electron chi connectivity index (χ2n) is 11.0. The van der Waals surface area contributed by atoms with Gasteiger partial charge < -0.3 is 15.0 Å². The Bertz CT molecular complexity index is 797. The van der Waals surface area contributed by atoms with E-state index in [4.69, 9.17) is 4.74 Å². The Labute approximate surface area is 199 Å². The number of piperazine rings is 1. The lowest BCUT2D eigenvalue weighted by Gasteiger charge is -2.41. The Morgan fingerprint density at radius 2 is 1.67 bits per heavy atom. The molecule has 3 fully saturated rings. The highest BCUT2D eigenvalue weighted by Gasteiger charge is 2.37. The lowest BCUT2D eigenvalue weighted by Crippen LogP contribution is -2.58. The van der Waals surface area contributed by atoms with E-state index in [2.05, 4.69) is 43.1 Å². The van der Waals surface area contributed by atoms with Crippen LogP contribution in [-0.4, -0.2) is 73.1 Å². The molecule has 33 heavy (non-hydrogen) atoms. The van der Waals surface area contributed by atoms with Gasteiger partial charge in [-0.3, -0.25) is 14.5 Å². The Morgan fingerprint density at radius 3 is 2.24 bits per heavy atom. The number of ether oxygens (including phenoxy) is 1. The van der Waals surface area contributed by atoms with Crippen LogP contribution in [0.2, 0.25) is 0 Å². The number of hydrogen-bond acceptors (Lipinski definition) is 4. The van der Waals surface area contributed by atoms with Gasteiger partial charge in [0.2, 0.25) is 5.91 Å². The maximum Gasteiger partial charge on any atom is 0.253 e. The van der Waals surface area contributed by atoms with Crippen molar-refractivity contribution >= 4 is 11.8 Å². The van der Waals surface area contributed by atoms with Gasteiger partial charge in [0.15, 0.2) is 0 Å². The van der Waals surface area contributed by atoms with E-state index in [0.29, 0.717) is 25.6 Å². The molecule has 2 atom stereocenters. The lowest BCUT2D eigenvalue weighted by molar-refractivity contribution is -0.129. The van der Waals surface area contributed by atoms with Crippen molar-refractivity contribution in [3.63, 3.8) is 0 Å². The van der Waals surface area contributed by atoms with Gasteiger partial charge in [0.1, 0.15) is 0 Å². The second kappa shape index (κ2) is 10.6. The van der Waals surface area contributed by atoms with Gasteiger partial charge in [0, 0.05) is 44.9 Å². The van der Waals surface area contributed by atoms with Crippen molar-refractivity contribution in [3.05, 3.63) is 35.4 Å². The molecule has 3 aliphatic rings. The Kier molecular flexibility index (Phi) is 7.75. The predicted molar refractivity (Wildman–Crippen MR) is 130 cm³/mol. The smallest absolute Gasteiger partial charge is 0.253 e. The summed E-state index contributed by atoms with van der Waals surface area (Å²) in [7, 11) is 0. The van der Waals surface area contributed by atoms with Crippen molar-refractivity contribution in [2.45, 2.75) is 76.9 Å². The molecular weight excluding hydrogens is 414 g/mol. The number of nitrogens with one attached hydrogen (secondary N) is 1. The van der Waals surface area contributed by atoms with Gasteiger partial charge in [-0.1, -0.05) is 45.7 Å². The lowest BCUT2D eigenvalue weighted by atomic mass is 9.86. The third-order valence-corrected chi connectivity index (χ3v) is 7.64. The fraction of sp³-hybridized carbons (Fsp3) is 0.704. The average Bonchev–Trinajstić information content (AvgIpc) is 3.52. The van der Waals surface area contributed by atoms with Gasteiger partial charge in [0.25, 0.3) is 5.91 Å². The number of carbonyl (C=O) groups excluding carboxylic acids is 2. The molecule has 2 saturated heterocycles. The zero-order chi connectivity index (χ0) is 23.4. The van der Waals surface area contributed by atoms with E-state index in [9.17, 15) is 9.59 Å². The molecule has 2 aliphatic heterocycles.